The summed E-state index contributed by atoms with van der Waals surface area (Å²) in [6.07, 6.45) is 0. The lowest BCUT2D eigenvalue weighted by atomic mass is 10.1. The van der Waals surface area contributed by atoms with Crippen LogP contribution in [0, 0.1) is 6.92 Å². The van der Waals surface area contributed by atoms with Gasteiger partial charge in [-0.05, 0) is 30.0 Å². The second kappa shape index (κ2) is 5.80. The molecule has 0 saturated heterocycles. The van der Waals surface area contributed by atoms with Gasteiger partial charge in [-0.1, -0.05) is 32.0 Å². The Morgan fingerprint density at radius 3 is 2.47 bits per heavy atom. The molecule has 0 fully saturated rings. The van der Waals surface area contributed by atoms with Crippen LogP contribution in [0.1, 0.15) is 19.4 Å². The average molecular weight is 272 g/mol. The van der Waals surface area contributed by atoms with Crippen LogP contribution < -0.4 is 5.56 Å². The summed E-state index contributed by atoms with van der Waals surface area (Å²) in [5.41, 5.74) is 1.91. The maximum absolute atomic E-state index is 11.7. The highest BCUT2D eigenvalue weighted by Crippen LogP contribution is 2.29. The molecule has 19 heavy (non-hydrogen) atoms. The van der Waals surface area contributed by atoms with Crippen LogP contribution in [0.3, 0.4) is 0 Å². The molecule has 1 N–H and O–H groups in total. The van der Waals surface area contributed by atoms with Gasteiger partial charge in [0.1, 0.15) is 5.69 Å². The first-order valence-electron chi connectivity index (χ1n) is 6.28. The smallest absolute Gasteiger partial charge is 0.267 e. The zero-order valence-electron chi connectivity index (χ0n) is 11.2. The lowest BCUT2D eigenvalue weighted by Gasteiger charge is -2.01. The van der Waals surface area contributed by atoms with Crippen molar-refractivity contribution in [3.05, 3.63) is 51.6 Å². The molecule has 98 valence electrons. The van der Waals surface area contributed by atoms with Crippen molar-refractivity contribution < 1.29 is 0 Å². The summed E-state index contributed by atoms with van der Waals surface area (Å²) in [7, 11) is 0. The number of benzene rings is 1. The minimum absolute atomic E-state index is 0.141. The van der Waals surface area contributed by atoms with Crippen molar-refractivity contribution in [2.75, 3.05) is 0 Å². The number of thiophene rings is 1. The first kappa shape index (κ1) is 13.5. The molecule has 3 aromatic rings. The number of hydrogen-bond acceptors (Lipinski definition) is 3. The van der Waals surface area contributed by atoms with Crippen molar-refractivity contribution >= 4 is 22.1 Å². The van der Waals surface area contributed by atoms with Gasteiger partial charge in [0.05, 0.1) is 10.3 Å². The van der Waals surface area contributed by atoms with E-state index in [0.717, 1.165) is 16.0 Å². The topological polar surface area (TPSA) is 45.8 Å². The molecule has 0 spiro atoms. The van der Waals surface area contributed by atoms with E-state index in [1.807, 2.05) is 45.0 Å². The number of rotatable bonds is 1. The minimum Gasteiger partial charge on any atom is -0.267 e. The van der Waals surface area contributed by atoms with Gasteiger partial charge in [-0.3, -0.25) is 4.79 Å². The maximum Gasteiger partial charge on any atom is 0.272 e. The molecule has 0 atom stereocenters. The largest absolute Gasteiger partial charge is 0.272 e. The summed E-state index contributed by atoms with van der Waals surface area (Å²) in [6, 6.07) is 9.62. The zero-order valence-corrected chi connectivity index (χ0v) is 12.0. The third kappa shape index (κ3) is 2.58. The highest BCUT2D eigenvalue weighted by atomic mass is 32.1. The van der Waals surface area contributed by atoms with Crippen molar-refractivity contribution in [2.24, 2.45) is 0 Å². The van der Waals surface area contributed by atoms with Crippen LogP contribution >= 0.6 is 11.3 Å². The van der Waals surface area contributed by atoms with Crippen molar-refractivity contribution in [1.82, 2.24) is 10.2 Å². The Balaban J connectivity index is 0.000000637. The number of aryl methyl sites for hydroxylation is 1. The highest BCUT2D eigenvalue weighted by Gasteiger charge is 2.09. The fourth-order valence-corrected chi connectivity index (χ4v) is 2.76. The van der Waals surface area contributed by atoms with Gasteiger partial charge in [0.25, 0.3) is 5.56 Å². The normalized spacial score (nSPS) is 10.1. The lowest BCUT2D eigenvalue weighted by Crippen LogP contribution is -2.08. The van der Waals surface area contributed by atoms with Crippen LogP contribution in [0.2, 0.25) is 0 Å². The quantitative estimate of drug-likeness (QED) is 0.728. The Labute approximate surface area is 115 Å². The van der Waals surface area contributed by atoms with Gasteiger partial charge in [0.15, 0.2) is 0 Å². The highest BCUT2D eigenvalue weighted by molar-refractivity contribution is 7.13. The summed E-state index contributed by atoms with van der Waals surface area (Å²) in [6.45, 7) is 6.05. The monoisotopic (exact) mass is 272 g/mol. The average Bonchev–Trinajstić information content (AvgIpc) is 2.88. The molecule has 2 aromatic heterocycles. The Bertz CT molecular complexity index is 743. The molecule has 0 saturated carbocycles. The van der Waals surface area contributed by atoms with E-state index in [4.69, 9.17) is 0 Å². The Morgan fingerprint density at radius 2 is 1.84 bits per heavy atom. The van der Waals surface area contributed by atoms with E-state index in [1.165, 1.54) is 5.56 Å². The van der Waals surface area contributed by atoms with Gasteiger partial charge >= 0.3 is 0 Å². The number of nitrogens with zero attached hydrogens (tertiary/aromatic N) is 1. The predicted octanol–water partition coefficient (Wildman–Crippen LogP) is 3.99. The molecule has 0 aliphatic heterocycles. The van der Waals surface area contributed by atoms with E-state index in [2.05, 4.69) is 21.6 Å². The molecule has 0 unspecified atom stereocenters. The van der Waals surface area contributed by atoms with E-state index in [-0.39, 0.29) is 5.56 Å². The van der Waals surface area contributed by atoms with Crippen molar-refractivity contribution in [3.63, 3.8) is 0 Å². The van der Waals surface area contributed by atoms with E-state index < -0.39 is 0 Å². The van der Waals surface area contributed by atoms with Crippen LogP contribution in [0.4, 0.5) is 0 Å². The van der Waals surface area contributed by atoms with E-state index >= 15 is 0 Å². The number of fused-ring (bicyclic) bond motifs is 1. The van der Waals surface area contributed by atoms with E-state index in [1.54, 1.807) is 11.3 Å². The molecule has 3 nitrogen and oxygen atoms in total. The van der Waals surface area contributed by atoms with Gasteiger partial charge in [-0.2, -0.15) is 5.10 Å². The predicted molar refractivity (Wildman–Crippen MR) is 81.8 cm³/mol. The molecule has 0 amide bonds. The molecule has 3 rings (SSSR count). The molecule has 4 heteroatoms. The SMILES string of the molecule is CC.Cc1csc(-c2n[nH]c(=O)c3ccccc23)c1. The van der Waals surface area contributed by atoms with Gasteiger partial charge in [-0.25, -0.2) is 5.10 Å². The van der Waals surface area contributed by atoms with Gasteiger partial charge in [0.2, 0.25) is 0 Å². The van der Waals surface area contributed by atoms with E-state index in [9.17, 15) is 4.79 Å². The standard InChI is InChI=1S/C13H10N2OS.C2H6/c1-8-6-11(17-7-8)12-9-4-2-3-5-10(9)13(16)15-14-12;1-2/h2-7H,1H3,(H,15,16);1-2H3. The van der Waals surface area contributed by atoms with Crippen molar-refractivity contribution in [3.8, 4) is 10.6 Å². The maximum atomic E-state index is 11.7. The molecule has 0 aliphatic carbocycles. The van der Waals surface area contributed by atoms with Gasteiger partial charge in [0, 0.05) is 5.39 Å². The summed E-state index contributed by atoms with van der Waals surface area (Å²) >= 11 is 1.64. The first-order chi connectivity index (χ1) is 9.25. The fourth-order valence-electron chi connectivity index (χ4n) is 1.86. The Morgan fingerprint density at radius 1 is 1.16 bits per heavy atom. The second-order valence-electron chi connectivity index (χ2n) is 3.94. The minimum atomic E-state index is -0.141. The van der Waals surface area contributed by atoms with Crippen LogP contribution in [-0.4, -0.2) is 10.2 Å². The first-order valence-corrected chi connectivity index (χ1v) is 7.16. The molecular weight excluding hydrogens is 256 g/mol. The van der Waals surface area contributed by atoms with Crippen LogP contribution in [-0.2, 0) is 0 Å². The number of aromatic amines is 1. The summed E-state index contributed by atoms with van der Waals surface area (Å²) in [5, 5.41) is 10.4. The summed E-state index contributed by atoms with van der Waals surface area (Å²) < 4.78 is 0. The number of nitrogens with one attached hydrogen (secondary N) is 1. The Kier molecular flexibility index (Phi) is 4.12. The van der Waals surface area contributed by atoms with Gasteiger partial charge < -0.3 is 0 Å². The molecule has 0 radical (unpaired) electrons. The van der Waals surface area contributed by atoms with Gasteiger partial charge in [-0.15, -0.1) is 11.3 Å². The molecule has 0 aliphatic rings. The molecule has 2 heterocycles. The zero-order chi connectivity index (χ0) is 13.8. The third-order valence-corrected chi connectivity index (χ3v) is 3.71. The Hall–Kier alpha value is -1.94. The second-order valence-corrected chi connectivity index (χ2v) is 4.85. The van der Waals surface area contributed by atoms with Crippen molar-refractivity contribution in [1.29, 1.82) is 0 Å². The molecule has 1 aromatic carbocycles. The number of H-pyrrole nitrogens is 1. The number of aromatic nitrogens is 2. The van der Waals surface area contributed by atoms with Crippen LogP contribution in [0.25, 0.3) is 21.3 Å². The third-order valence-electron chi connectivity index (χ3n) is 2.66. The summed E-state index contributed by atoms with van der Waals surface area (Å²) in [5.74, 6) is 0. The lowest BCUT2D eigenvalue weighted by molar-refractivity contribution is 1.02. The fraction of sp³-hybridized carbons (Fsp3) is 0.200. The summed E-state index contributed by atoms with van der Waals surface area (Å²) in [4.78, 5) is 12.7. The van der Waals surface area contributed by atoms with Crippen LogP contribution in [0.15, 0.2) is 40.5 Å². The van der Waals surface area contributed by atoms with E-state index in [0.29, 0.717) is 5.39 Å². The van der Waals surface area contributed by atoms with Crippen LogP contribution in [0.5, 0.6) is 0 Å². The van der Waals surface area contributed by atoms with Crippen molar-refractivity contribution in [2.45, 2.75) is 20.8 Å². The number of hydrogen-bond donors (Lipinski definition) is 1. The molecule has 0 bridgehead atoms. The molecular formula is C15H16N2OS.